The zero-order valence-electron chi connectivity index (χ0n) is 4.16. The second-order valence-corrected chi connectivity index (χ2v) is 2.01. The summed E-state index contributed by atoms with van der Waals surface area (Å²) in [5.74, 6) is 0. The Balaban J connectivity index is 2.76. The van der Waals surface area contributed by atoms with Crippen molar-refractivity contribution in [2.45, 2.75) is 0 Å². The predicted octanol–water partition coefficient (Wildman–Crippen LogP) is 1.61. The molecular formula is C5H7NS. The van der Waals surface area contributed by atoms with Crippen molar-refractivity contribution in [3.8, 4) is 0 Å². The Bertz CT molecular complexity index is 123. The van der Waals surface area contributed by atoms with Gasteiger partial charge >= 0.3 is 0 Å². The smallest absolute Gasteiger partial charge is 0.0156 e. The van der Waals surface area contributed by atoms with Crippen molar-refractivity contribution >= 4 is 11.9 Å². The topological polar surface area (TPSA) is 4.93 Å². The van der Waals surface area contributed by atoms with Crippen molar-refractivity contribution in [3.05, 3.63) is 24.5 Å². The molecule has 0 aliphatic rings. The number of nitrogens with zero attached hydrogens (tertiary/aromatic N) is 1. The fourth-order valence-electron chi connectivity index (χ4n) is 0.440. The van der Waals surface area contributed by atoms with Crippen LogP contribution >= 0.6 is 11.9 Å². The molecule has 0 spiro atoms. The molecule has 1 rings (SSSR count). The molecule has 0 bridgehead atoms. The van der Waals surface area contributed by atoms with Crippen LogP contribution in [0.5, 0.6) is 0 Å². The molecule has 0 aliphatic carbocycles. The lowest BCUT2D eigenvalue weighted by Gasteiger charge is -1.88. The van der Waals surface area contributed by atoms with Gasteiger partial charge in [0.1, 0.15) is 0 Å². The molecule has 0 saturated heterocycles. The lowest BCUT2D eigenvalue weighted by molar-refractivity contribution is 1.29. The Labute approximate surface area is 47.5 Å². The summed E-state index contributed by atoms with van der Waals surface area (Å²) in [6.07, 6.45) is 6.08. The third-order valence-corrected chi connectivity index (χ3v) is 1.45. The predicted molar refractivity (Wildman–Crippen MR) is 33.3 cm³/mol. The van der Waals surface area contributed by atoms with Crippen LogP contribution in [-0.4, -0.2) is 10.2 Å². The van der Waals surface area contributed by atoms with Crippen molar-refractivity contribution < 1.29 is 0 Å². The first-order valence-corrected chi connectivity index (χ1v) is 3.29. The highest BCUT2D eigenvalue weighted by atomic mass is 32.2. The highest BCUT2D eigenvalue weighted by Crippen LogP contribution is 1.98. The van der Waals surface area contributed by atoms with E-state index in [2.05, 4.69) is 0 Å². The zero-order valence-corrected chi connectivity index (χ0v) is 4.98. The van der Waals surface area contributed by atoms with Gasteiger partial charge in [0, 0.05) is 18.6 Å². The van der Waals surface area contributed by atoms with Crippen LogP contribution in [0.1, 0.15) is 0 Å². The molecule has 1 heterocycles. The third-order valence-electron chi connectivity index (χ3n) is 0.788. The molecule has 0 N–H and O–H groups in total. The fraction of sp³-hybridized carbons (Fsp3) is 0.200. The van der Waals surface area contributed by atoms with Crippen molar-refractivity contribution in [1.82, 2.24) is 3.97 Å². The van der Waals surface area contributed by atoms with Crippen LogP contribution in [0.2, 0.25) is 0 Å². The van der Waals surface area contributed by atoms with Crippen molar-refractivity contribution in [3.63, 3.8) is 0 Å². The first-order valence-electron chi connectivity index (χ1n) is 2.11. The summed E-state index contributed by atoms with van der Waals surface area (Å²) in [7, 11) is 0. The van der Waals surface area contributed by atoms with Gasteiger partial charge in [-0.2, -0.15) is 0 Å². The van der Waals surface area contributed by atoms with E-state index in [0.717, 1.165) is 0 Å². The molecule has 0 radical (unpaired) electrons. The summed E-state index contributed by atoms with van der Waals surface area (Å²) in [4.78, 5) is 0. The first-order chi connectivity index (χ1) is 3.43. The summed E-state index contributed by atoms with van der Waals surface area (Å²) in [6, 6.07) is 4.02. The second kappa shape index (κ2) is 2.07. The number of hydrogen-bond acceptors (Lipinski definition) is 1. The Morgan fingerprint density at radius 3 is 2.14 bits per heavy atom. The molecule has 0 aromatic carbocycles. The fourth-order valence-corrected chi connectivity index (χ4v) is 0.824. The molecule has 7 heavy (non-hydrogen) atoms. The summed E-state index contributed by atoms with van der Waals surface area (Å²) < 4.78 is 2.04. The van der Waals surface area contributed by atoms with Crippen LogP contribution in [0.4, 0.5) is 0 Å². The Hall–Kier alpha value is -0.370. The SMILES string of the molecule is CSn1cccc1. The lowest BCUT2D eigenvalue weighted by atomic mass is 10.7. The van der Waals surface area contributed by atoms with E-state index in [0.29, 0.717) is 0 Å². The van der Waals surface area contributed by atoms with E-state index in [1.54, 1.807) is 11.9 Å². The highest BCUT2D eigenvalue weighted by molar-refractivity contribution is 7.97. The monoisotopic (exact) mass is 113 g/mol. The quantitative estimate of drug-likeness (QED) is 0.535. The minimum Gasteiger partial charge on any atom is -0.299 e. The maximum atomic E-state index is 2.04. The van der Waals surface area contributed by atoms with E-state index < -0.39 is 0 Å². The van der Waals surface area contributed by atoms with E-state index in [4.69, 9.17) is 0 Å². The standard InChI is InChI=1S/C5H7NS/c1-7-6-4-2-3-5-6/h2-5H,1H3. The zero-order chi connectivity index (χ0) is 5.11. The normalized spacial score (nSPS) is 9.29. The van der Waals surface area contributed by atoms with E-state index in [-0.39, 0.29) is 0 Å². The van der Waals surface area contributed by atoms with Crippen LogP contribution < -0.4 is 0 Å². The van der Waals surface area contributed by atoms with E-state index in [1.807, 2.05) is 34.8 Å². The van der Waals surface area contributed by atoms with Crippen molar-refractivity contribution in [1.29, 1.82) is 0 Å². The molecular weight excluding hydrogens is 106 g/mol. The molecule has 0 fully saturated rings. The number of aromatic nitrogens is 1. The second-order valence-electron chi connectivity index (χ2n) is 1.23. The maximum Gasteiger partial charge on any atom is 0.0156 e. The molecule has 1 nitrogen and oxygen atoms in total. The molecule has 2 heteroatoms. The molecule has 0 atom stereocenters. The lowest BCUT2D eigenvalue weighted by Crippen LogP contribution is -1.72. The van der Waals surface area contributed by atoms with E-state index >= 15 is 0 Å². The molecule has 38 valence electrons. The van der Waals surface area contributed by atoms with Gasteiger partial charge in [-0.3, -0.25) is 3.97 Å². The van der Waals surface area contributed by atoms with Gasteiger partial charge in [-0.05, 0) is 24.1 Å². The van der Waals surface area contributed by atoms with Gasteiger partial charge in [0.15, 0.2) is 0 Å². The Morgan fingerprint density at radius 1 is 1.29 bits per heavy atom. The van der Waals surface area contributed by atoms with Crippen molar-refractivity contribution in [2.24, 2.45) is 0 Å². The molecule has 0 unspecified atom stereocenters. The van der Waals surface area contributed by atoms with Crippen molar-refractivity contribution in [2.75, 3.05) is 6.26 Å². The van der Waals surface area contributed by atoms with Gasteiger partial charge in [0.05, 0.1) is 0 Å². The maximum absolute atomic E-state index is 2.04. The summed E-state index contributed by atoms with van der Waals surface area (Å²) in [6.45, 7) is 0. The van der Waals surface area contributed by atoms with Gasteiger partial charge in [0.25, 0.3) is 0 Å². The van der Waals surface area contributed by atoms with E-state index in [1.165, 1.54) is 0 Å². The van der Waals surface area contributed by atoms with Crippen LogP contribution in [0, 0.1) is 0 Å². The van der Waals surface area contributed by atoms with Crippen LogP contribution in [-0.2, 0) is 0 Å². The summed E-state index contributed by atoms with van der Waals surface area (Å²) in [5.41, 5.74) is 0. The van der Waals surface area contributed by atoms with Crippen LogP contribution in [0.3, 0.4) is 0 Å². The number of rotatable bonds is 1. The van der Waals surface area contributed by atoms with Gasteiger partial charge in [-0.15, -0.1) is 0 Å². The average molecular weight is 113 g/mol. The van der Waals surface area contributed by atoms with Crippen LogP contribution in [0.15, 0.2) is 24.5 Å². The molecule has 1 aromatic rings. The minimum absolute atomic E-state index is 1.69. The molecule has 1 aromatic heterocycles. The average Bonchev–Trinajstić information content (AvgIpc) is 2.14. The molecule has 0 aliphatic heterocycles. The van der Waals surface area contributed by atoms with Gasteiger partial charge in [-0.25, -0.2) is 0 Å². The summed E-state index contributed by atoms with van der Waals surface area (Å²) in [5, 5.41) is 0. The number of hydrogen-bond donors (Lipinski definition) is 0. The van der Waals surface area contributed by atoms with Crippen LogP contribution in [0.25, 0.3) is 0 Å². The van der Waals surface area contributed by atoms with Gasteiger partial charge in [-0.1, -0.05) is 0 Å². The third kappa shape index (κ3) is 0.996. The summed E-state index contributed by atoms with van der Waals surface area (Å²) >= 11 is 1.69. The Morgan fingerprint density at radius 2 is 1.86 bits per heavy atom. The molecule has 0 amide bonds. The Kier molecular flexibility index (Phi) is 1.42. The van der Waals surface area contributed by atoms with Gasteiger partial charge in [0.2, 0.25) is 0 Å². The molecule has 0 saturated carbocycles. The first kappa shape index (κ1) is 4.78. The highest BCUT2D eigenvalue weighted by Gasteiger charge is 1.76. The van der Waals surface area contributed by atoms with Gasteiger partial charge < -0.3 is 0 Å². The largest absolute Gasteiger partial charge is 0.299 e. The minimum atomic E-state index is 1.69. The van der Waals surface area contributed by atoms with E-state index in [9.17, 15) is 0 Å².